The van der Waals surface area contributed by atoms with Gasteiger partial charge in [-0.15, -0.1) is 0 Å². The number of amides is 2. The summed E-state index contributed by atoms with van der Waals surface area (Å²) in [7, 11) is 0.985. The second-order valence-electron chi connectivity index (χ2n) is 6.90. The van der Waals surface area contributed by atoms with Crippen molar-refractivity contribution in [2.45, 2.75) is 6.18 Å². The molecule has 0 atom stereocenters. The van der Waals surface area contributed by atoms with E-state index in [-0.39, 0.29) is 21.7 Å². The molecule has 0 aliphatic rings. The Hall–Kier alpha value is -3.17. The van der Waals surface area contributed by atoms with Crippen molar-refractivity contribution in [1.82, 2.24) is 0 Å². The van der Waals surface area contributed by atoms with Crippen molar-refractivity contribution in [2.75, 3.05) is 11.9 Å². The standard InChI is InChI=1S/C22H13Cl2F5N2O2/c1-31(21(33)13-8-18(26)16(24)9-17(13)25)19-5-3-10(7-14(19)22(27,28)29)12-6-11(20(30)32)2-4-15(12)23/h2-9H,1H3,(H2,30,32). The molecule has 33 heavy (non-hydrogen) atoms. The number of benzene rings is 3. The summed E-state index contributed by atoms with van der Waals surface area (Å²) in [6.45, 7) is 0. The average Bonchev–Trinajstić information content (AvgIpc) is 2.74. The molecule has 0 fully saturated rings. The third kappa shape index (κ3) is 4.94. The van der Waals surface area contributed by atoms with E-state index in [0.29, 0.717) is 17.0 Å². The lowest BCUT2D eigenvalue weighted by Gasteiger charge is -2.23. The molecule has 0 saturated carbocycles. The van der Waals surface area contributed by atoms with E-state index in [1.807, 2.05) is 0 Å². The molecule has 172 valence electrons. The van der Waals surface area contributed by atoms with E-state index in [2.05, 4.69) is 0 Å². The molecule has 2 N–H and O–H groups in total. The number of nitrogens with zero attached hydrogens (tertiary/aromatic N) is 1. The van der Waals surface area contributed by atoms with Crippen LogP contribution in [0.1, 0.15) is 26.3 Å². The van der Waals surface area contributed by atoms with Gasteiger partial charge in [-0.05, 0) is 48.0 Å². The molecule has 3 aromatic rings. The predicted molar refractivity (Wildman–Crippen MR) is 115 cm³/mol. The molecule has 0 aromatic heterocycles. The highest BCUT2D eigenvalue weighted by atomic mass is 35.5. The quantitative estimate of drug-likeness (QED) is 0.334. The Bertz CT molecular complexity index is 1280. The topological polar surface area (TPSA) is 63.4 Å². The highest BCUT2D eigenvalue weighted by Gasteiger charge is 2.36. The minimum Gasteiger partial charge on any atom is -0.366 e. The van der Waals surface area contributed by atoms with Crippen LogP contribution in [-0.2, 0) is 6.18 Å². The van der Waals surface area contributed by atoms with Gasteiger partial charge in [-0.25, -0.2) is 8.78 Å². The van der Waals surface area contributed by atoms with Gasteiger partial charge in [-0.3, -0.25) is 9.59 Å². The number of alkyl halides is 3. The number of hydrogen-bond donors (Lipinski definition) is 1. The largest absolute Gasteiger partial charge is 0.418 e. The van der Waals surface area contributed by atoms with Crippen molar-refractivity contribution in [3.05, 3.63) is 86.9 Å². The summed E-state index contributed by atoms with van der Waals surface area (Å²) in [5.41, 5.74) is 2.68. The zero-order valence-corrected chi connectivity index (χ0v) is 18.1. The first-order valence-corrected chi connectivity index (χ1v) is 9.80. The molecule has 0 spiro atoms. The molecule has 0 radical (unpaired) electrons. The van der Waals surface area contributed by atoms with Crippen molar-refractivity contribution < 1.29 is 31.5 Å². The lowest BCUT2D eigenvalue weighted by molar-refractivity contribution is -0.137. The fourth-order valence-corrected chi connectivity index (χ4v) is 3.48. The highest BCUT2D eigenvalue weighted by Crippen LogP contribution is 2.40. The van der Waals surface area contributed by atoms with Gasteiger partial charge in [0.15, 0.2) is 0 Å². The molecule has 0 aliphatic heterocycles. The lowest BCUT2D eigenvalue weighted by Crippen LogP contribution is -2.29. The summed E-state index contributed by atoms with van der Waals surface area (Å²) in [6, 6.07) is 7.87. The fraction of sp³-hybridized carbons (Fsp3) is 0.0909. The van der Waals surface area contributed by atoms with Crippen LogP contribution in [0.5, 0.6) is 0 Å². The number of carbonyl (C=O) groups excluding carboxylic acids is 2. The zero-order chi connectivity index (χ0) is 24.7. The Morgan fingerprint density at radius 2 is 1.58 bits per heavy atom. The van der Waals surface area contributed by atoms with Crippen LogP contribution in [0, 0.1) is 11.6 Å². The lowest BCUT2D eigenvalue weighted by atomic mass is 9.98. The first kappa shape index (κ1) is 24.5. The molecule has 11 heteroatoms. The van der Waals surface area contributed by atoms with Crippen LogP contribution in [0.15, 0.2) is 48.5 Å². The molecule has 0 heterocycles. The Morgan fingerprint density at radius 3 is 2.18 bits per heavy atom. The molecular formula is C22H13Cl2F5N2O2. The Kier molecular flexibility index (Phi) is 6.67. The molecule has 0 aliphatic carbocycles. The molecule has 3 rings (SSSR count). The van der Waals surface area contributed by atoms with Crippen molar-refractivity contribution >= 4 is 40.7 Å². The zero-order valence-electron chi connectivity index (χ0n) is 16.6. The Morgan fingerprint density at radius 1 is 0.909 bits per heavy atom. The van der Waals surface area contributed by atoms with Gasteiger partial charge in [-0.2, -0.15) is 13.2 Å². The van der Waals surface area contributed by atoms with Gasteiger partial charge in [0.05, 0.1) is 21.8 Å². The van der Waals surface area contributed by atoms with Gasteiger partial charge >= 0.3 is 6.18 Å². The van der Waals surface area contributed by atoms with Crippen LogP contribution in [0.4, 0.5) is 27.6 Å². The maximum absolute atomic E-state index is 14.2. The van der Waals surface area contributed by atoms with E-state index in [4.69, 9.17) is 28.9 Å². The summed E-state index contributed by atoms with van der Waals surface area (Å²) in [5.74, 6) is -4.33. The van der Waals surface area contributed by atoms with Gasteiger partial charge in [0, 0.05) is 23.2 Å². The smallest absolute Gasteiger partial charge is 0.366 e. The summed E-state index contributed by atoms with van der Waals surface area (Å²) < 4.78 is 69.5. The fourth-order valence-electron chi connectivity index (χ4n) is 3.10. The molecule has 0 unspecified atom stereocenters. The first-order valence-electron chi connectivity index (χ1n) is 9.04. The second kappa shape index (κ2) is 8.99. The van der Waals surface area contributed by atoms with Crippen LogP contribution in [0.2, 0.25) is 10.0 Å². The maximum Gasteiger partial charge on any atom is 0.418 e. The van der Waals surface area contributed by atoms with E-state index in [0.717, 1.165) is 19.2 Å². The van der Waals surface area contributed by atoms with Crippen LogP contribution in [-0.4, -0.2) is 18.9 Å². The highest BCUT2D eigenvalue weighted by molar-refractivity contribution is 6.33. The number of hydrogen-bond acceptors (Lipinski definition) is 2. The molecule has 0 saturated heterocycles. The minimum absolute atomic E-state index is 0.0104. The third-order valence-electron chi connectivity index (χ3n) is 4.77. The van der Waals surface area contributed by atoms with Gasteiger partial charge in [-0.1, -0.05) is 29.3 Å². The molecular weight excluding hydrogens is 490 g/mol. The monoisotopic (exact) mass is 502 g/mol. The van der Waals surface area contributed by atoms with Crippen LogP contribution in [0.3, 0.4) is 0 Å². The predicted octanol–water partition coefficient (Wildman–Crippen LogP) is 6.33. The van der Waals surface area contributed by atoms with Crippen molar-refractivity contribution in [3.8, 4) is 11.1 Å². The van der Waals surface area contributed by atoms with Gasteiger partial charge < -0.3 is 10.6 Å². The van der Waals surface area contributed by atoms with E-state index < -0.39 is 51.5 Å². The van der Waals surface area contributed by atoms with E-state index in [1.54, 1.807) is 0 Å². The maximum atomic E-state index is 14.2. The normalized spacial score (nSPS) is 11.4. The van der Waals surface area contributed by atoms with Gasteiger partial charge in [0.2, 0.25) is 5.91 Å². The van der Waals surface area contributed by atoms with Crippen LogP contribution in [0.25, 0.3) is 11.1 Å². The van der Waals surface area contributed by atoms with Crippen molar-refractivity contribution in [2.24, 2.45) is 5.73 Å². The number of carbonyl (C=O) groups is 2. The number of primary amides is 1. The molecule has 3 aromatic carbocycles. The SMILES string of the molecule is CN(C(=O)c1cc(F)c(Cl)cc1F)c1ccc(-c2cc(C(N)=O)ccc2Cl)cc1C(F)(F)F. The van der Waals surface area contributed by atoms with E-state index in [9.17, 15) is 31.5 Å². The van der Waals surface area contributed by atoms with E-state index >= 15 is 0 Å². The summed E-state index contributed by atoms with van der Waals surface area (Å²) in [6.07, 6.45) is -4.93. The minimum atomic E-state index is -4.93. The average molecular weight is 503 g/mol. The summed E-state index contributed by atoms with van der Waals surface area (Å²) in [4.78, 5) is 24.7. The van der Waals surface area contributed by atoms with E-state index in [1.165, 1.54) is 24.3 Å². The molecule has 0 bridgehead atoms. The van der Waals surface area contributed by atoms with Crippen molar-refractivity contribution in [3.63, 3.8) is 0 Å². The second-order valence-corrected chi connectivity index (χ2v) is 7.71. The number of anilines is 1. The molecule has 4 nitrogen and oxygen atoms in total. The van der Waals surface area contributed by atoms with Crippen LogP contribution >= 0.6 is 23.2 Å². The van der Waals surface area contributed by atoms with Crippen molar-refractivity contribution in [1.29, 1.82) is 0 Å². The summed E-state index contributed by atoms with van der Waals surface area (Å²) in [5, 5.41) is -0.522. The Balaban J connectivity index is 2.13. The molecule has 2 amide bonds. The third-order valence-corrected chi connectivity index (χ3v) is 5.39. The summed E-state index contributed by atoms with van der Waals surface area (Å²) >= 11 is 11.6. The van der Waals surface area contributed by atoms with Gasteiger partial charge in [0.1, 0.15) is 11.6 Å². The van der Waals surface area contributed by atoms with Gasteiger partial charge in [0.25, 0.3) is 5.91 Å². The number of halogens is 7. The number of nitrogens with two attached hydrogens (primary N) is 1. The first-order chi connectivity index (χ1) is 15.3. The Labute approximate surface area is 194 Å². The van der Waals surface area contributed by atoms with Crippen LogP contribution < -0.4 is 10.6 Å². The number of rotatable bonds is 4.